The Hall–Kier alpha value is -2.41. The maximum Gasteiger partial charge on any atom is 0.254 e. The van der Waals surface area contributed by atoms with Crippen molar-refractivity contribution in [1.29, 1.82) is 0 Å². The number of hydrogen-bond acceptors (Lipinski definition) is 5. The SMILES string of the molecule is CC(C)c1nc2cc(C(=O)N3CCC[C@H]3C(=O)N3CCOCC3)ccc2o1. The minimum absolute atomic E-state index is 0.0359. The summed E-state index contributed by atoms with van der Waals surface area (Å²) in [7, 11) is 0. The highest BCUT2D eigenvalue weighted by Crippen LogP contribution is 2.26. The number of rotatable bonds is 3. The molecule has 0 bridgehead atoms. The molecule has 7 nitrogen and oxygen atoms in total. The van der Waals surface area contributed by atoms with Gasteiger partial charge in [-0.3, -0.25) is 9.59 Å². The van der Waals surface area contributed by atoms with Crippen LogP contribution in [0.4, 0.5) is 0 Å². The molecule has 2 aliphatic rings. The molecule has 0 radical (unpaired) electrons. The number of fused-ring (bicyclic) bond motifs is 1. The van der Waals surface area contributed by atoms with E-state index in [1.165, 1.54) is 0 Å². The first-order valence-corrected chi connectivity index (χ1v) is 9.62. The summed E-state index contributed by atoms with van der Waals surface area (Å²) < 4.78 is 11.0. The summed E-state index contributed by atoms with van der Waals surface area (Å²) >= 11 is 0. The first-order chi connectivity index (χ1) is 13.0. The number of oxazole rings is 1. The highest BCUT2D eigenvalue weighted by Gasteiger charge is 2.37. The fourth-order valence-corrected chi connectivity index (χ4v) is 3.75. The van der Waals surface area contributed by atoms with Crippen molar-refractivity contribution in [3.63, 3.8) is 0 Å². The Balaban J connectivity index is 1.55. The number of benzene rings is 1. The second kappa shape index (κ2) is 7.31. The monoisotopic (exact) mass is 371 g/mol. The van der Waals surface area contributed by atoms with Crippen molar-refractivity contribution in [3.8, 4) is 0 Å². The molecule has 0 spiro atoms. The Bertz CT molecular complexity index is 854. The molecule has 7 heteroatoms. The van der Waals surface area contributed by atoms with E-state index >= 15 is 0 Å². The molecule has 2 aromatic rings. The van der Waals surface area contributed by atoms with E-state index in [1.54, 1.807) is 23.1 Å². The quantitative estimate of drug-likeness (QED) is 0.828. The van der Waals surface area contributed by atoms with Crippen LogP contribution in [0.25, 0.3) is 11.1 Å². The summed E-state index contributed by atoms with van der Waals surface area (Å²) in [5, 5.41) is 0. The molecular weight excluding hydrogens is 346 g/mol. The highest BCUT2D eigenvalue weighted by molar-refractivity contribution is 6.00. The molecule has 1 aromatic heterocycles. The average Bonchev–Trinajstić information content (AvgIpc) is 3.34. The largest absolute Gasteiger partial charge is 0.440 e. The van der Waals surface area contributed by atoms with E-state index in [0.29, 0.717) is 61.8 Å². The maximum absolute atomic E-state index is 13.1. The molecule has 0 unspecified atom stereocenters. The molecule has 3 heterocycles. The first-order valence-electron chi connectivity index (χ1n) is 9.62. The summed E-state index contributed by atoms with van der Waals surface area (Å²) in [5.41, 5.74) is 1.91. The predicted molar refractivity (Wildman–Crippen MR) is 99.6 cm³/mol. The second-order valence-corrected chi connectivity index (χ2v) is 7.48. The number of aromatic nitrogens is 1. The average molecular weight is 371 g/mol. The van der Waals surface area contributed by atoms with Gasteiger partial charge in [0.25, 0.3) is 5.91 Å². The van der Waals surface area contributed by atoms with Gasteiger partial charge in [0.05, 0.1) is 13.2 Å². The van der Waals surface area contributed by atoms with Crippen LogP contribution in [-0.4, -0.2) is 65.5 Å². The normalized spacial score (nSPS) is 20.6. The van der Waals surface area contributed by atoms with Crippen LogP contribution in [0.1, 0.15) is 48.9 Å². The Kier molecular flexibility index (Phi) is 4.86. The van der Waals surface area contributed by atoms with Crippen LogP contribution in [0.2, 0.25) is 0 Å². The number of likely N-dealkylation sites (tertiary alicyclic amines) is 1. The smallest absolute Gasteiger partial charge is 0.254 e. The molecule has 2 saturated heterocycles. The number of morpholine rings is 1. The Labute approximate surface area is 158 Å². The van der Waals surface area contributed by atoms with E-state index in [-0.39, 0.29) is 23.8 Å². The number of carbonyl (C=O) groups excluding carboxylic acids is 2. The van der Waals surface area contributed by atoms with E-state index in [1.807, 2.05) is 18.7 Å². The Morgan fingerprint density at radius 3 is 2.70 bits per heavy atom. The van der Waals surface area contributed by atoms with Gasteiger partial charge in [0.15, 0.2) is 11.5 Å². The third-order valence-electron chi connectivity index (χ3n) is 5.27. The van der Waals surface area contributed by atoms with Gasteiger partial charge in [-0.25, -0.2) is 4.98 Å². The van der Waals surface area contributed by atoms with Crippen LogP contribution < -0.4 is 0 Å². The van der Waals surface area contributed by atoms with Crippen molar-refractivity contribution in [2.24, 2.45) is 0 Å². The lowest BCUT2D eigenvalue weighted by atomic mass is 10.1. The fourth-order valence-electron chi connectivity index (χ4n) is 3.75. The van der Waals surface area contributed by atoms with E-state index < -0.39 is 0 Å². The zero-order chi connectivity index (χ0) is 19.0. The molecule has 27 heavy (non-hydrogen) atoms. The number of amides is 2. The van der Waals surface area contributed by atoms with Gasteiger partial charge in [-0.15, -0.1) is 0 Å². The lowest BCUT2D eigenvalue weighted by Gasteiger charge is -2.32. The van der Waals surface area contributed by atoms with Gasteiger partial charge < -0.3 is 19.0 Å². The summed E-state index contributed by atoms with van der Waals surface area (Å²) in [6, 6.07) is 4.93. The van der Waals surface area contributed by atoms with Crippen LogP contribution in [-0.2, 0) is 9.53 Å². The zero-order valence-electron chi connectivity index (χ0n) is 15.8. The molecule has 2 fully saturated rings. The molecule has 0 saturated carbocycles. The molecule has 1 aromatic carbocycles. The summed E-state index contributed by atoms with van der Waals surface area (Å²) in [4.78, 5) is 34.0. The third kappa shape index (κ3) is 3.43. The van der Waals surface area contributed by atoms with Crippen LogP contribution in [0.15, 0.2) is 22.6 Å². The molecule has 4 rings (SSSR count). The van der Waals surface area contributed by atoms with Crippen LogP contribution >= 0.6 is 0 Å². The van der Waals surface area contributed by atoms with Gasteiger partial charge >= 0.3 is 0 Å². The lowest BCUT2D eigenvalue weighted by molar-refractivity contribution is -0.139. The molecule has 0 N–H and O–H groups in total. The second-order valence-electron chi connectivity index (χ2n) is 7.48. The number of ether oxygens (including phenoxy) is 1. The topological polar surface area (TPSA) is 75.9 Å². The minimum atomic E-state index is -0.380. The Morgan fingerprint density at radius 2 is 1.96 bits per heavy atom. The molecule has 2 amide bonds. The van der Waals surface area contributed by atoms with Crippen molar-refractivity contribution in [2.75, 3.05) is 32.8 Å². The van der Waals surface area contributed by atoms with Gasteiger partial charge in [0.1, 0.15) is 11.6 Å². The van der Waals surface area contributed by atoms with Gasteiger partial charge in [-0.05, 0) is 31.0 Å². The van der Waals surface area contributed by atoms with Gasteiger partial charge in [0.2, 0.25) is 5.91 Å². The third-order valence-corrected chi connectivity index (χ3v) is 5.27. The summed E-state index contributed by atoms with van der Waals surface area (Å²) in [6.07, 6.45) is 1.56. The molecular formula is C20H25N3O4. The molecule has 2 aliphatic heterocycles. The van der Waals surface area contributed by atoms with Gasteiger partial charge in [0, 0.05) is 31.1 Å². The lowest BCUT2D eigenvalue weighted by Crippen LogP contribution is -2.51. The molecule has 144 valence electrons. The number of nitrogens with zero attached hydrogens (tertiary/aromatic N) is 3. The van der Waals surface area contributed by atoms with E-state index in [4.69, 9.17) is 9.15 Å². The van der Waals surface area contributed by atoms with Crippen molar-refractivity contribution in [3.05, 3.63) is 29.7 Å². The van der Waals surface area contributed by atoms with Crippen molar-refractivity contribution in [1.82, 2.24) is 14.8 Å². The van der Waals surface area contributed by atoms with E-state index in [0.717, 1.165) is 6.42 Å². The number of hydrogen-bond donors (Lipinski definition) is 0. The fraction of sp³-hybridized carbons (Fsp3) is 0.550. The maximum atomic E-state index is 13.1. The van der Waals surface area contributed by atoms with Crippen LogP contribution in [0.5, 0.6) is 0 Å². The van der Waals surface area contributed by atoms with Gasteiger partial charge in [-0.1, -0.05) is 13.8 Å². The van der Waals surface area contributed by atoms with Crippen molar-refractivity contribution >= 4 is 22.9 Å². The number of carbonyl (C=O) groups is 2. The first kappa shape index (κ1) is 18.0. The van der Waals surface area contributed by atoms with Crippen molar-refractivity contribution in [2.45, 2.75) is 38.6 Å². The highest BCUT2D eigenvalue weighted by atomic mass is 16.5. The molecule has 0 aliphatic carbocycles. The van der Waals surface area contributed by atoms with Crippen LogP contribution in [0, 0.1) is 0 Å². The minimum Gasteiger partial charge on any atom is -0.440 e. The van der Waals surface area contributed by atoms with Gasteiger partial charge in [-0.2, -0.15) is 0 Å². The molecule has 1 atom stereocenters. The standard InChI is InChI=1S/C20H25N3O4/c1-13(2)18-21-15-12-14(5-6-17(15)27-18)19(24)23-7-3-4-16(23)20(25)22-8-10-26-11-9-22/h5-6,12-13,16H,3-4,7-11H2,1-2H3/t16-/m0/s1. The Morgan fingerprint density at radius 1 is 1.19 bits per heavy atom. The van der Waals surface area contributed by atoms with E-state index in [2.05, 4.69) is 4.98 Å². The van der Waals surface area contributed by atoms with E-state index in [9.17, 15) is 9.59 Å². The van der Waals surface area contributed by atoms with Crippen molar-refractivity contribution < 1.29 is 18.7 Å². The predicted octanol–water partition coefficient (Wildman–Crippen LogP) is 2.41. The zero-order valence-corrected chi connectivity index (χ0v) is 15.8. The summed E-state index contributed by atoms with van der Waals surface area (Å²) in [5.74, 6) is 0.769. The van der Waals surface area contributed by atoms with Crippen LogP contribution in [0.3, 0.4) is 0 Å². The summed E-state index contributed by atoms with van der Waals surface area (Å²) in [6.45, 7) is 6.96.